The zero-order valence-corrected chi connectivity index (χ0v) is 24.4. The second-order valence-electron chi connectivity index (χ2n) is 10.7. The molecule has 0 radical (unpaired) electrons. The van der Waals surface area contributed by atoms with Crippen molar-refractivity contribution in [1.29, 1.82) is 0 Å². The molecule has 0 nitrogen and oxygen atoms in total. The number of halogens is 1. The highest BCUT2D eigenvalue weighted by molar-refractivity contribution is 6.30. The molecule has 0 saturated heterocycles. The van der Waals surface area contributed by atoms with Crippen molar-refractivity contribution < 1.29 is 0 Å². The van der Waals surface area contributed by atoms with Crippen molar-refractivity contribution >= 4 is 11.6 Å². The Morgan fingerprint density at radius 3 is 1.14 bits per heavy atom. The summed E-state index contributed by atoms with van der Waals surface area (Å²) in [6.07, 6.45) is 0. The van der Waals surface area contributed by atoms with Gasteiger partial charge >= 0.3 is 0 Å². The summed E-state index contributed by atoms with van der Waals surface area (Å²) in [7, 11) is 0. The van der Waals surface area contributed by atoms with Crippen LogP contribution < -0.4 is 0 Å². The van der Waals surface area contributed by atoms with E-state index in [1.165, 1.54) is 50.1 Å². The van der Waals surface area contributed by atoms with E-state index in [4.69, 9.17) is 11.6 Å². The van der Waals surface area contributed by atoms with Crippen LogP contribution in [0.1, 0.15) is 0 Å². The van der Waals surface area contributed by atoms with Gasteiger partial charge in [0, 0.05) is 5.02 Å². The molecular formula is C42H29Cl. The van der Waals surface area contributed by atoms with Crippen molar-refractivity contribution in [2.75, 3.05) is 0 Å². The molecule has 0 unspecified atom stereocenters. The minimum atomic E-state index is 0.734. The maximum Gasteiger partial charge on any atom is 0.0412 e. The molecular weight excluding hydrogens is 540 g/mol. The van der Waals surface area contributed by atoms with Gasteiger partial charge in [-0.3, -0.25) is 0 Å². The van der Waals surface area contributed by atoms with Crippen molar-refractivity contribution in [3.8, 4) is 66.8 Å². The third-order valence-corrected chi connectivity index (χ3v) is 8.17. The smallest absolute Gasteiger partial charge is 0.0412 e. The van der Waals surface area contributed by atoms with Gasteiger partial charge in [0.2, 0.25) is 0 Å². The maximum atomic E-state index is 6.41. The molecule has 0 N–H and O–H groups in total. The lowest BCUT2D eigenvalue weighted by atomic mass is 9.78. The molecule has 7 rings (SSSR count). The van der Waals surface area contributed by atoms with Crippen molar-refractivity contribution in [3.63, 3.8) is 0 Å². The number of rotatable bonds is 6. The molecule has 0 atom stereocenters. The van der Waals surface area contributed by atoms with Gasteiger partial charge < -0.3 is 0 Å². The number of benzene rings is 7. The Morgan fingerprint density at radius 1 is 0.256 bits per heavy atom. The first-order valence-electron chi connectivity index (χ1n) is 14.6. The molecule has 0 aliphatic carbocycles. The maximum absolute atomic E-state index is 6.41. The summed E-state index contributed by atoms with van der Waals surface area (Å²) < 4.78 is 0. The monoisotopic (exact) mass is 568 g/mol. The molecule has 0 aliphatic heterocycles. The minimum absolute atomic E-state index is 0.734. The summed E-state index contributed by atoms with van der Waals surface area (Å²) in [6, 6.07) is 62.4. The Hall–Kier alpha value is -5.17. The van der Waals surface area contributed by atoms with Crippen LogP contribution in [0.15, 0.2) is 176 Å². The number of hydrogen-bond donors (Lipinski definition) is 0. The Kier molecular flexibility index (Phi) is 7.44. The predicted octanol–water partition coefficient (Wildman–Crippen LogP) is 12.3. The lowest BCUT2D eigenvalue weighted by Crippen LogP contribution is -1.98. The molecule has 1 heteroatoms. The van der Waals surface area contributed by atoms with Gasteiger partial charge in [0.1, 0.15) is 0 Å². The van der Waals surface area contributed by atoms with Crippen LogP contribution in [0, 0.1) is 0 Å². The second-order valence-corrected chi connectivity index (χ2v) is 11.1. The molecule has 0 heterocycles. The van der Waals surface area contributed by atoms with Gasteiger partial charge in [-0.15, -0.1) is 0 Å². The molecule has 0 bridgehead atoms. The summed E-state index contributed by atoms with van der Waals surface area (Å²) >= 11 is 6.41. The predicted molar refractivity (Wildman–Crippen MR) is 184 cm³/mol. The van der Waals surface area contributed by atoms with Crippen LogP contribution in [0.25, 0.3) is 66.8 Å². The van der Waals surface area contributed by atoms with Gasteiger partial charge in [0.05, 0.1) is 0 Å². The van der Waals surface area contributed by atoms with Crippen molar-refractivity contribution in [1.82, 2.24) is 0 Å². The summed E-state index contributed by atoms with van der Waals surface area (Å²) in [5.41, 5.74) is 14.2. The normalized spacial score (nSPS) is 10.9. The first-order chi connectivity index (χ1) is 21.3. The molecule has 0 fully saturated rings. The average Bonchev–Trinajstić information content (AvgIpc) is 3.09. The Bertz CT molecular complexity index is 1990. The summed E-state index contributed by atoms with van der Waals surface area (Å²) in [5, 5.41) is 0.734. The fourth-order valence-electron chi connectivity index (χ4n) is 5.99. The molecule has 0 amide bonds. The van der Waals surface area contributed by atoms with Gasteiger partial charge in [-0.25, -0.2) is 0 Å². The molecule has 204 valence electrons. The van der Waals surface area contributed by atoms with Crippen molar-refractivity contribution in [3.05, 3.63) is 181 Å². The summed E-state index contributed by atoms with van der Waals surface area (Å²) in [6.45, 7) is 0. The van der Waals surface area contributed by atoms with Gasteiger partial charge in [-0.1, -0.05) is 163 Å². The van der Waals surface area contributed by atoms with E-state index in [-0.39, 0.29) is 0 Å². The average molecular weight is 569 g/mol. The lowest BCUT2D eigenvalue weighted by molar-refractivity contribution is 1.52. The third-order valence-electron chi connectivity index (χ3n) is 7.93. The standard InChI is InChI=1S/C42H29Cl/c43-37-26-14-24-35(28-37)34-23-13-25-36(27-34)39-29-38(30-15-5-1-6-16-30)40(31-17-7-2-8-18-31)42(33-21-11-4-12-22-33)41(39)32-19-9-3-10-20-32/h1-29H. The van der Waals surface area contributed by atoms with E-state index in [9.17, 15) is 0 Å². The number of hydrogen-bond acceptors (Lipinski definition) is 0. The fraction of sp³-hybridized carbons (Fsp3) is 0. The van der Waals surface area contributed by atoms with Crippen molar-refractivity contribution in [2.45, 2.75) is 0 Å². The van der Waals surface area contributed by atoms with E-state index >= 15 is 0 Å². The first kappa shape index (κ1) is 26.7. The quantitative estimate of drug-likeness (QED) is 0.187. The fourth-order valence-corrected chi connectivity index (χ4v) is 6.18. The highest BCUT2D eigenvalue weighted by atomic mass is 35.5. The van der Waals surface area contributed by atoms with Gasteiger partial charge in [0.15, 0.2) is 0 Å². The van der Waals surface area contributed by atoms with Crippen LogP contribution >= 0.6 is 11.6 Å². The van der Waals surface area contributed by atoms with Crippen LogP contribution in [-0.4, -0.2) is 0 Å². The second kappa shape index (κ2) is 12.0. The van der Waals surface area contributed by atoms with E-state index in [0.29, 0.717) is 0 Å². The van der Waals surface area contributed by atoms with Crippen LogP contribution in [0.4, 0.5) is 0 Å². The molecule has 0 aliphatic rings. The SMILES string of the molecule is Clc1cccc(-c2cccc(-c3cc(-c4ccccc4)c(-c4ccccc4)c(-c4ccccc4)c3-c3ccccc3)c2)c1. The zero-order valence-electron chi connectivity index (χ0n) is 23.6. The molecule has 0 saturated carbocycles. The topological polar surface area (TPSA) is 0 Å². The summed E-state index contributed by atoms with van der Waals surface area (Å²) in [5.74, 6) is 0. The van der Waals surface area contributed by atoms with Gasteiger partial charge in [-0.05, 0) is 91.0 Å². The van der Waals surface area contributed by atoms with Crippen LogP contribution in [0.5, 0.6) is 0 Å². The Morgan fingerprint density at radius 2 is 0.628 bits per heavy atom. The molecule has 0 aromatic heterocycles. The lowest BCUT2D eigenvalue weighted by Gasteiger charge is -2.24. The zero-order chi connectivity index (χ0) is 29.0. The minimum Gasteiger partial charge on any atom is -0.0843 e. The molecule has 0 spiro atoms. The van der Waals surface area contributed by atoms with Crippen LogP contribution in [0.3, 0.4) is 0 Å². The Labute approximate surface area is 258 Å². The van der Waals surface area contributed by atoms with Crippen molar-refractivity contribution in [2.24, 2.45) is 0 Å². The van der Waals surface area contributed by atoms with Crippen LogP contribution in [-0.2, 0) is 0 Å². The summed E-state index contributed by atoms with van der Waals surface area (Å²) in [4.78, 5) is 0. The van der Waals surface area contributed by atoms with E-state index in [1.54, 1.807) is 0 Å². The molecule has 7 aromatic rings. The first-order valence-corrected chi connectivity index (χ1v) is 14.9. The van der Waals surface area contributed by atoms with Gasteiger partial charge in [0.25, 0.3) is 0 Å². The Balaban J connectivity index is 1.63. The van der Waals surface area contributed by atoms with Crippen LogP contribution in [0.2, 0.25) is 5.02 Å². The van der Waals surface area contributed by atoms with E-state index in [1.807, 2.05) is 18.2 Å². The van der Waals surface area contributed by atoms with Gasteiger partial charge in [-0.2, -0.15) is 0 Å². The van der Waals surface area contributed by atoms with E-state index < -0.39 is 0 Å². The van der Waals surface area contributed by atoms with E-state index in [0.717, 1.165) is 21.7 Å². The molecule has 7 aromatic carbocycles. The highest BCUT2D eigenvalue weighted by Crippen LogP contribution is 2.50. The largest absolute Gasteiger partial charge is 0.0843 e. The van der Waals surface area contributed by atoms with E-state index in [2.05, 4.69) is 158 Å². The highest BCUT2D eigenvalue weighted by Gasteiger charge is 2.23. The third kappa shape index (κ3) is 5.42. The molecule has 43 heavy (non-hydrogen) atoms.